The van der Waals surface area contributed by atoms with Crippen LogP contribution >= 0.6 is 0 Å². The number of benzene rings is 2. The molecular weight excluding hydrogens is 400 g/mol. The third-order valence-electron chi connectivity index (χ3n) is 5.95. The maximum atomic E-state index is 6.58. The Morgan fingerprint density at radius 3 is 2.88 bits per heavy atom. The molecule has 32 heavy (non-hydrogen) atoms. The molecule has 7 heteroatoms. The lowest BCUT2D eigenvalue weighted by Gasteiger charge is -2.31. The number of ether oxygens (including phenoxy) is 1. The standard InChI is InChI=1S/C25H28N6O/c1-16-11-19-12-17(3-5-22(19)30-16)14-28-24-8-10-29-25(26,31-24)9-7-18-15-27-23-6-4-20(32-2)13-21(18)23/h3-6,8,10-13,15,27-28,30-31H,7,9,14,26H2,1-2H3. The number of nitrogens with zero attached hydrogens (tertiary/aromatic N) is 1. The first-order valence-electron chi connectivity index (χ1n) is 10.8. The minimum atomic E-state index is -0.860. The van der Waals surface area contributed by atoms with E-state index in [0.717, 1.165) is 34.4 Å². The summed E-state index contributed by atoms with van der Waals surface area (Å²) in [6.45, 7) is 2.77. The largest absolute Gasteiger partial charge is 0.497 e. The van der Waals surface area contributed by atoms with Gasteiger partial charge in [-0.3, -0.25) is 10.7 Å². The van der Waals surface area contributed by atoms with Crippen LogP contribution in [0.5, 0.6) is 5.75 Å². The van der Waals surface area contributed by atoms with Crippen molar-refractivity contribution in [3.63, 3.8) is 0 Å². The summed E-state index contributed by atoms with van der Waals surface area (Å²) >= 11 is 0. The highest BCUT2D eigenvalue weighted by Gasteiger charge is 2.26. The zero-order valence-electron chi connectivity index (χ0n) is 18.3. The summed E-state index contributed by atoms with van der Waals surface area (Å²) in [7, 11) is 1.68. The Morgan fingerprint density at radius 2 is 2.00 bits per heavy atom. The number of allylic oxidation sites excluding steroid dienone is 1. The predicted octanol–water partition coefficient (Wildman–Crippen LogP) is 3.82. The third-order valence-corrected chi connectivity index (χ3v) is 5.95. The minimum absolute atomic E-state index is 0.654. The van der Waals surface area contributed by atoms with Crippen LogP contribution in [0.3, 0.4) is 0 Å². The van der Waals surface area contributed by atoms with E-state index < -0.39 is 5.79 Å². The quantitative estimate of drug-likeness (QED) is 0.309. The maximum Gasteiger partial charge on any atom is 0.183 e. The fourth-order valence-electron chi connectivity index (χ4n) is 4.23. The van der Waals surface area contributed by atoms with Crippen molar-refractivity contribution < 1.29 is 4.74 Å². The van der Waals surface area contributed by atoms with E-state index >= 15 is 0 Å². The number of H-pyrrole nitrogens is 2. The molecule has 2 aromatic heterocycles. The molecule has 7 nitrogen and oxygen atoms in total. The SMILES string of the molecule is COc1ccc2[nH]cc(CCC3(N)N=CC=C(NCc4ccc5[nH]c(C)cc5c4)N3)c2c1. The van der Waals surface area contributed by atoms with Crippen LogP contribution in [-0.4, -0.2) is 29.1 Å². The normalized spacial score (nSPS) is 18.0. The fourth-order valence-corrected chi connectivity index (χ4v) is 4.23. The van der Waals surface area contributed by atoms with Gasteiger partial charge in [0.1, 0.15) is 11.6 Å². The molecule has 0 fully saturated rings. The molecule has 0 aliphatic carbocycles. The average Bonchev–Trinajstić information content (AvgIpc) is 3.37. The van der Waals surface area contributed by atoms with E-state index in [1.807, 2.05) is 24.4 Å². The summed E-state index contributed by atoms with van der Waals surface area (Å²) in [5.41, 5.74) is 12.4. The van der Waals surface area contributed by atoms with Gasteiger partial charge in [0.05, 0.1) is 7.11 Å². The Bertz CT molecular complexity index is 1330. The van der Waals surface area contributed by atoms with Crippen LogP contribution in [0.25, 0.3) is 21.8 Å². The summed E-state index contributed by atoms with van der Waals surface area (Å²) < 4.78 is 5.37. The number of aryl methyl sites for hydroxylation is 2. The van der Waals surface area contributed by atoms with Crippen LogP contribution in [-0.2, 0) is 13.0 Å². The van der Waals surface area contributed by atoms with Gasteiger partial charge < -0.3 is 25.3 Å². The molecule has 0 spiro atoms. The topological polar surface area (TPSA) is 103 Å². The molecule has 5 rings (SSSR count). The highest BCUT2D eigenvalue weighted by Crippen LogP contribution is 2.26. The number of nitrogens with two attached hydrogens (primary N) is 1. The van der Waals surface area contributed by atoms with Crippen molar-refractivity contribution in [2.24, 2.45) is 10.7 Å². The maximum absolute atomic E-state index is 6.58. The summed E-state index contributed by atoms with van der Waals surface area (Å²) in [6.07, 6.45) is 7.16. The van der Waals surface area contributed by atoms with Gasteiger partial charge in [0.25, 0.3) is 0 Å². The van der Waals surface area contributed by atoms with Crippen LogP contribution in [0.4, 0.5) is 0 Å². The Hall–Kier alpha value is -3.71. The Balaban J connectivity index is 1.22. The van der Waals surface area contributed by atoms with Crippen LogP contribution < -0.4 is 21.1 Å². The summed E-state index contributed by atoms with van der Waals surface area (Å²) in [5.74, 6) is 0.854. The van der Waals surface area contributed by atoms with Gasteiger partial charge in [-0.25, -0.2) is 0 Å². The van der Waals surface area contributed by atoms with Crippen molar-refractivity contribution in [1.29, 1.82) is 0 Å². The van der Waals surface area contributed by atoms with Crippen molar-refractivity contribution >= 4 is 28.0 Å². The second-order valence-corrected chi connectivity index (χ2v) is 8.36. The van der Waals surface area contributed by atoms with Crippen molar-refractivity contribution in [1.82, 2.24) is 20.6 Å². The van der Waals surface area contributed by atoms with Gasteiger partial charge in [0.15, 0.2) is 5.79 Å². The molecule has 3 heterocycles. The number of aromatic amines is 2. The molecule has 4 aromatic rings. The molecule has 2 aromatic carbocycles. The molecule has 1 aliphatic rings. The monoisotopic (exact) mass is 428 g/mol. The highest BCUT2D eigenvalue weighted by molar-refractivity contribution is 5.84. The lowest BCUT2D eigenvalue weighted by molar-refractivity contribution is 0.343. The van der Waals surface area contributed by atoms with Gasteiger partial charge in [0, 0.05) is 47.5 Å². The fraction of sp³-hybridized carbons (Fsp3) is 0.240. The van der Waals surface area contributed by atoms with Crippen molar-refractivity contribution in [2.75, 3.05) is 7.11 Å². The average molecular weight is 429 g/mol. The number of rotatable bonds is 7. The van der Waals surface area contributed by atoms with Crippen LogP contribution in [0.1, 0.15) is 23.2 Å². The van der Waals surface area contributed by atoms with E-state index in [-0.39, 0.29) is 0 Å². The van der Waals surface area contributed by atoms with E-state index in [4.69, 9.17) is 10.5 Å². The molecule has 0 radical (unpaired) electrons. The Labute approximate surface area is 186 Å². The molecule has 0 saturated heterocycles. The lowest BCUT2D eigenvalue weighted by atomic mass is 10.0. The van der Waals surface area contributed by atoms with Gasteiger partial charge in [-0.05, 0) is 72.3 Å². The molecule has 1 aliphatic heterocycles. The van der Waals surface area contributed by atoms with E-state index in [2.05, 4.69) is 62.8 Å². The first-order valence-corrected chi connectivity index (χ1v) is 10.8. The molecule has 0 amide bonds. The Kier molecular flexibility index (Phi) is 5.11. The van der Waals surface area contributed by atoms with Gasteiger partial charge in [-0.1, -0.05) is 6.07 Å². The van der Waals surface area contributed by atoms with Crippen molar-refractivity contribution in [2.45, 2.75) is 32.1 Å². The first kappa shape index (κ1) is 20.2. The van der Waals surface area contributed by atoms with Crippen LogP contribution in [0.15, 0.2) is 65.6 Å². The number of hydrogen-bond donors (Lipinski definition) is 5. The number of aliphatic imine (C=N–C) groups is 1. The molecule has 1 unspecified atom stereocenters. The summed E-state index contributed by atoms with van der Waals surface area (Å²) in [6, 6.07) is 14.6. The van der Waals surface area contributed by atoms with E-state index in [1.165, 1.54) is 22.2 Å². The second kappa shape index (κ2) is 8.09. The van der Waals surface area contributed by atoms with E-state index in [9.17, 15) is 0 Å². The zero-order chi connectivity index (χ0) is 22.1. The van der Waals surface area contributed by atoms with E-state index in [0.29, 0.717) is 13.0 Å². The van der Waals surface area contributed by atoms with Crippen LogP contribution in [0, 0.1) is 6.92 Å². The molecule has 6 N–H and O–H groups in total. The molecule has 0 saturated carbocycles. The number of fused-ring (bicyclic) bond motifs is 2. The number of aromatic nitrogens is 2. The predicted molar refractivity (Wildman–Crippen MR) is 130 cm³/mol. The second-order valence-electron chi connectivity index (χ2n) is 8.36. The molecular formula is C25H28N6O. The summed E-state index contributed by atoms with van der Waals surface area (Å²) in [4.78, 5) is 11.2. The highest BCUT2D eigenvalue weighted by atomic mass is 16.5. The number of methoxy groups -OCH3 is 1. The smallest absolute Gasteiger partial charge is 0.183 e. The van der Waals surface area contributed by atoms with Gasteiger partial charge >= 0.3 is 0 Å². The van der Waals surface area contributed by atoms with Crippen LogP contribution in [0.2, 0.25) is 0 Å². The number of hydrogen-bond acceptors (Lipinski definition) is 5. The van der Waals surface area contributed by atoms with Gasteiger partial charge in [0.2, 0.25) is 0 Å². The number of nitrogens with one attached hydrogen (secondary N) is 4. The van der Waals surface area contributed by atoms with Gasteiger partial charge in [-0.2, -0.15) is 0 Å². The zero-order valence-corrected chi connectivity index (χ0v) is 18.3. The van der Waals surface area contributed by atoms with Crippen molar-refractivity contribution in [3.05, 3.63) is 77.4 Å². The first-order chi connectivity index (χ1) is 15.5. The molecule has 164 valence electrons. The van der Waals surface area contributed by atoms with Crippen molar-refractivity contribution in [3.8, 4) is 5.75 Å². The van der Waals surface area contributed by atoms with E-state index in [1.54, 1.807) is 13.3 Å². The molecule has 0 bridgehead atoms. The molecule has 1 atom stereocenters. The Morgan fingerprint density at radius 1 is 1.12 bits per heavy atom. The summed E-state index contributed by atoms with van der Waals surface area (Å²) in [5, 5.41) is 9.18. The minimum Gasteiger partial charge on any atom is -0.497 e. The van der Waals surface area contributed by atoms with Gasteiger partial charge in [-0.15, -0.1) is 0 Å². The third kappa shape index (κ3) is 4.07. The lowest BCUT2D eigenvalue weighted by Crippen LogP contribution is -2.55.